The van der Waals surface area contributed by atoms with Gasteiger partial charge in [0.1, 0.15) is 5.82 Å². The van der Waals surface area contributed by atoms with Gasteiger partial charge in [0.25, 0.3) is 5.91 Å². The minimum Gasteiger partial charge on any atom is -0.390 e. The Morgan fingerprint density at radius 2 is 1.73 bits per heavy atom. The van der Waals surface area contributed by atoms with Gasteiger partial charge in [-0.15, -0.1) is 0 Å². The lowest BCUT2D eigenvalue weighted by Crippen LogP contribution is -2.56. The number of hydrogen-bond acceptors (Lipinski definition) is 5. The van der Waals surface area contributed by atoms with E-state index >= 15 is 0 Å². The number of piperidine rings is 2. The summed E-state index contributed by atoms with van der Waals surface area (Å²) >= 11 is 0. The number of likely N-dealkylation sites (tertiary alicyclic amines) is 2. The first-order chi connectivity index (χ1) is 18.0. The summed E-state index contributed by atoms with van der Waals surface area (Å²) in [5, 5.41) is 11.0. The molecule has 0 unspecified atom stereocenters. The van der Waals surface area contributed by atoms with Crippen LogP contribution in [0.1, 0.15) is 59.4 Å². The first kappa shape index (κ1) is 24.1. The third kappa shape index (κ3) is 4.76. The number of H-pyrrole nitrogens is 1. The van der Waals surface area contributed by atoms with Crippen molar-refractivity contribution >= 4 is 22.8 Å². The van der Waals surface area contributed by atoms with Gasteiger partial charge in [-0.2, -0.15) is 0 Å². The maximum absolute atomic E-state index is 13.4. The highest BCUT2D eigenvalue weighted by molar-refractivity contribution is 5.97. The van der Waals surface area contributed by atoms with E-state index in [9.17, 15) is 14.7 Å². The molecule has 0 saturated carbocycles. The molecule has 0 spiro atoms. The van der Waals surface area contributed by atoms with E-state index < -0.39 is 6.10 Å². The van der Waals surface area contributed by atoms with Crippen LogP contribution in [-0.4, -0.2) is 86.5 Å². The van der Waals surface area contributed by atoms with E-state index in [1.807, 2.05) is 23.1 Å². The van der Waals surface area contributed by atoms with Crippen molar-refractivity contribution in [3.8, 4) is 0 Å². The van der Waals surface area contributed by atoms with Crippen molar-refractivity contribution in [2.45, 2.75) is 57.2 Å². The van der Waals surface area contributed by atoms with Crippen LogP contribution in [0.25, 0.3) is 11.0 Å². The molecule has 0 bridgehead atoms. The van der Waals surface area contributed by atoms with Crippen LogP contribution < -0.4 is 0 Å². The molecule has 6 rings (SSSR count). The Morgan fingerprint density at radius 1 is 0.973 bits per heavy atom. The summed E-state index contributed by atoms with van der Waals surface area (Å²) in [5.74, 6) is 1.30. The summed E-state index contributed by atoms with van der Waals surface area (Å²) in [5.41, 5.74) is 5.07. The minimum atomic E-state index is -0.564. The number of nitrogens with one attached hydrogen (secondary N) is 1. The molecule has 4 heterocycles. The molecule has 37 heavy (non-hydrogen) atoms. The molecule has 2 N–H and O–H groups in total. The van der Waals surface area contributed by atoms with Gasteiger partial charge in [0.05, 0.1) is 17.1 Å². The fourth-order valence-corrected chi connectivity index (χ4v) is 6.34. The number of hydrogen-bond donors (Lipinski definition) is 2. The zero-order chi connectivity index (χ0) is 25.5. The second kappa shape index (κ2) is 9.91. The maximum atomic E-state index is 13.4. The number of carbonyl (C=O) groups is 2. The van der Waals surface area contributed by atoms with Gasteiger partial charge in [-0.05, 0) is 55.0 Å². The summed E-state index contributed by atoms with van der Waals surface area (Å²) in [6.07, 6.45) is 2.99. The van der Waals surface area contributed by atoms with E-state index in [-0.39, 0.29) is 23.8 Å². The van der Waals surface area contributed by atoms with Crippen LogP contribution in [0.4, 0.5) is 0 Å². The smallest absolute Gasteiger partial charge is 0.254 e. The molecule has 8 nitrogen and oxygen atoms in total. The molecular formula is C29H35N5O3. The van der Waals surface area contributed by atoms with Crippen molar-refractivity contribution in [1.29, 1.82) is 0 Å². The highest BCUT2D eigenvalue weighted by atomic mass is 16.3. The number of rotatable bonds is 3. The van der Waals surface area contributed by atoms with Gasteiger partial charge in [0, 0.05) is 63.7 Å². The molecule has 0 aliphatic carbocycles. The van der Waals surface area contributed by atoms with Gasteiger partial charge in [0.2, 0.25) is 5.91 Å². The molecule has 2 saturated heterocycles. The number of nitrogens with zero attached hydrogens (tertiary/aromatic N) is 4. The number of aliphatic hydroxyl groups is 1. The van der Waals surface area contributed by atoms with E-state index in [4.69, 9.17) is 4.98 Å². The molecule has 8 heteroatoms. The van der Waals surface area contributed by atoms with Gasteiger partial charge >= 0.3 is 0 Å². The summed E-state index contributed by atoms with van der Waals surface area (Å²) < 4.78 is 0. The van der Waals surface area contributed by atoms with Crippen LogP contribution in [0.2, 0.25) is 0 Å². The second-order valence-corrected chi connectivity index (χ2v) is 10.8. The molecular weight excluding hydrogens is 466 g/mol. The quantitative estimate of drug-likeness (QED) is 0.576. The molecule has 2 aromatic carbocycles. The first-order valence-corrected chi connectivity index (χ1v) is 13.5. The number of aromatic nitrogens is 2. The van der Waals surface area contributed by atoms with Crippen molar-refractivity contribution in [2.75, 3.05) is 32.7 Å². The Labute approximate surface area is 217 Å². The Morgan fingerprint density at radius 3 is 2.49 bits per heavy atom. The fourth-order valence-electron chi connectivity index (χ4n) is 6.34. The zero-order valence-corrected chi connectivity index (χ0v) is 21.4. The Balaban J connectivity index is 1.10. The minimum absolute atomic E-state index is 0.0469. The normalized spacial score (nSPS) is 23.3. The maximum Gasteiger partial charge on any atom is 0.254 e. The van der Waals surface area contributed by atoms with E-state index in [0.29, 0.717) is 18.7 Å². The highest BCUT2D eigenvalue weighted by Gasteiger charge is 2.35. The largest absolute Gasteiger partial charge is 0.390 e. The molecule has 3 aromatic rings. The summed E-state index contributed by atoms with van der Waals surface area (Å²) in [7, 11) is 0. The van der Waals surface area contributed by atoms with Crippen LogP contribution >= 0.6 is 0 Å². The summed E-state index contributed by atoms with van der Waals surface area (Å²) in [4.78, 5) is 39.3. The number of amides is 2. The Bertz CT molecular complexity index is 1310. The monoisotopic (exact) mass is 501 g/mol. The molecule has 2 fully saturated rings. The summed E-state index contributed by atoms with van der Waals surface area (Å²) in [6, 6.07) is 14.3. The molecule has 0 radical (unpaired) electrons. The molecule has 2 amide bonds. The van der Waals surface area contributed by atoms with Crippen LogP contribution in [-0.2, 0) is 17.8 Å². The number of benzene rings is 2. The molecule has 2 atom stereocenters. The Kier molecular flexibility index (Phi) is 6.46. The number of aromatic amines is 1. The van der Waals surface area contributed by atoms with E-state index in [1.165, 1.54) is 11.1 Å². The average molecular weight is 502 g/mol. The van der Waals surface area contributed by atoms with Gasteiger partial charge in [0.15, 0.2) is 0 Å². The topological polar surface area (TPSA) is 92.8 Å². The molecule has 1 aromatic heterocycles. The number of β-amino-alcohol motifs (C(OH)–C–C–N with tert-alkyl or cyclic N) is 1. The lowest BCUT2D eigenvalue weighted by atomic mass is 9.94. The van der Waals surface area contributed by atoms with Gasteiger partial charge < -0.3 is 19.9 Å². The predicted molar refractivity (Wildman–Crippen MR) is 141 cm³/mol. The number of aliphatic hydroxyl groups excluding tert-OH is 1. The third-order valence-corrected chi connectivity index (χ3v) is 8.54. The van der Waals surface area contributed by atoms with Crippen LogP contribution in [0, 0.1) is 0 Å². The zero-order valence-electron chi connectivity index (χ0n) is 21.4. The Hall–Kier alpha value is -3.23. The van der Waals surface area contributed by atoms with Gasteiger partial charge in [-0.3, -0.25) is 14.5 Å². The molecule has 3 aliphatic heterocycles. The van der Waals surface area contributed by atoms with Crippen LogP contribution in [0.5, 0.6) is 0 Å². The van der Waals surface area contributed by atoms with Crippen molar-refractivity contribution in [3.63, 3.8) is 0 Å². The predicted octanol–water partition coefficient (Wildman–Crippen LogP) is 2.92. The summed E-state index contributed by atoms with van der Waals surface area (Å²) in [6.45, 7) is 5.92. The van der Waals surface area contributed by atoms with Crippen LogP contribution in [0.3, 0.4) is 0 Å². The van der Waals surface area contributed by atoms with Crippen molar-refractivity contribution in [1.82, 2.24) is 24.7 Å². The lowest BCUT2D eigenvalue weighted by Gasteiger charge is -2.43. The number of carbonyl (C=O) groups excluding carboxylic acids is 2. The first-order valence-electron chi connectivity index (χ1n) is 13.5. The second-order valence-electron chi connectivity index (χ2n) is 10.8. The number of imidazole rings is 1. The van der Waals surface area contributed by atoms with Crippen LogP contribution in [0.15, 0.2) is 42.5 Å². The van der Waals surface area contributed by atoms with E-state index in [1.54, 1.807) is 11.8 Å². The number of fused-ring (bicyclic) bond motifs is 2. The third-order valence-electron chi connectivity index (χ3n) is 8.54. The van der Waals surface area contributed by atoms with E-state index in [0.717, 1.165) is 68.7 Å². The molecule has 3 aliphatic rings. The molecule has 194 valence electrons. The standard InChI is InChI=1S/C29H35N5O3/c1-19(35)32-12-9-21(10-13-32)28-30-24-7-6-22(16-25(24)31-28)29(37)34-15-11-26(27(36)18-34)33-14-8-20-4-2-3-5-23(20)17-33/h2-7,16,21,26-27,36H,8-15,17-18H2,1H3,(H,30,31)/t26-,27-/m1/s1. The fraction of sp³-hybridized carbons (Fsp3) is 0.483. The van der Waals surface area contributed by atoms with Gasteiger partial charge in [-0.25, -0.2) is 4.98 Å². The van der Waals surface area contributed by atoms with Gasteiger partial charge in [-0.1, -0.05) is 24.3 Å². The highest BCUT2D eigenvalue weighted by Crippen LogP contribution is 2.29. The van der Waals surface area contributed by atoms with Crippen molar-refractivity contribution in [2.24, 2.45) is 0 Å². The average Bonchev–Trinajstić information content (AvgIpc) is 3.36. The van der Waals surface area contributed by atoms with Crippen molar-refractivity contribution in [3.05, 3.63) is 65.0 Å². The van der Waals surface area contributed by atoms with Crippen molar-refractivity contribution < 1.29 is 14.7 Å². The SMILES string of the molecule is CC(=O)N1CCC(c2nc3ccc(C(=O)N4CC[C@@H](N5CCc6ccccc6C5)[C@H](O)C4)cc3[nH]2)CC1. The van der Waals surface area contributed by atoms with E-state index in [2.05, 4.69) is 34.1 Å². The lowest BCUT2D eigenvalue weighted by molar-refractivity contribution is -0.129.